The molecular formula is C16H26BrNO. The van der Waals surface area contributed by atoms with Crippen LogP contribution in [0.5, 0.6) is 5.75 Å². The molecule has 3 heteroatoms. The topological polar surface area (TPSA) is 21.3 Å². The van der Waals surface area contributed by atoms with Gasteiger partial charge in [-0.2, -0.15) is 0 Å². The normalized spacial score (nSPS) is 12.4. The first-order valence-electron chi connectivity index (χ1n) is 7.29. The van der Waals surface area contributed by atoms with E-state index in [2.05, 4.69) is 47.2 Å². The molecule has 1 unspecified atom stereocenters. The minimum atomic E-state index is 0.453. The van der Waals surface area contributed by atoms with Crippen molar-refractivity contribution in [2.45, 2.75) is 52.0 Å². The molecule has 1 N–H and O–H groups in total. The van der Waals surface area contributed by atoms with Crippen LogP contribution in [0.2, 0.25) is 0 Å². The van der Waals surface area contributed by atoms with Gasteiger partial charge in [-0.15, -0.1) is 0 Å². The van der Waals surface area contributed by atoms with Crippen molar-refractivity contribution in [1.82, 2.24) is 5.32 Å². The molecule has 0 amide bonds. The molecular weight excluding hydrogens is 302 g/mol. The smallest absolute Gasteiger partial charge is 0.133 e. The first-order chi connectivity index (χ1) is 9.22. The van der Waals surface area contributed by atoms with Crippen molar-refractivity contribution in [3.05, 3.63) is 28.2 Å². The van der Waals surface area contributed by atoms with Crippen LogP contribution < -0.4 is 10.1 Å². The lowest BCUT2D eigenvalue weighted by Crippen LogP contribution is -2.22. The Morgan fingerprint density at radius 3 is 2.58 bits per heavy atom. The summed E-state index contributed by atoms with van der Waals surface area (Å²) in [4.78, 5) is 0. The number of hydrogen-bond acceptors (Lipinski definition) is 2. The van der Waals surface area contributed by atoms with Gasteiger partial charge in [0.25, 0.3) is 0 Å². The molecule has 1 aromatic rings. The van der Waals surface area contributed by atoms with Crippen molar-refractivity contribution in [3.8, 4) is 5.75 Å². The Morgan fingerprint density at radius 2 is 2.00 bits per heavy atom. The molecule has 0 saturated heterocycles. The summed E-state index contributed by atoms with van der Waals surface area (Å²) in [7, 11) is 1.70. The van der Waals surface area contributed by atoms with E-state index >= 15 is 0 Å². The highest BCUT2D eigenvalue weighted by atomic mass is 79.9. The number of benzene rings is 1. The summed E-state index contributed by atoms with van der Waals surface area (Å²) < 4.78 is 6.33. The number of ether oxygens (including phenoxy) is 1. The van der Waals surface area contributed by atoms with Gasteiger partial charge in [-0.05, 0) is 53.0 Å². The zero-order valence-electron chi connectivity index (χ0n) is 12.3. The largest absolute Gasteiger partial charge is 0.496 e. The Morgan fingerprint density at radius 1 is 1.21 bits per heavy atom. The number of hydrogen-bond donors (Lipinski definition) is 1. The van der Waals surface area contributed by atoms with Crippen molar-refractivity contribution >= 4 is 15.9 Å². The lowest BCUT2D eigenvalue weighted by molar-refractivity contribution is 0.411. The van der Waals surface area contributed by atoms with Crippen molar-refractivity contribution in [3.63, 3.8) is 0 Å². The Hall–Kier alpha value is -0.540. The van der Waals surface area contributed by atoms with Crippen LogP contribution in [0.4, 0.5) is 0 Å². The molecule has 1 rings (SSSR count). The van der Waals surface area contributed by atoms with Gasteiger partial charge in [0, 0.05) is 6.04 Å². The van der Waals surface area contributed by atoms with Crippen LogP contribution in [-0.4, -0.2) is 13.7 Å². The van der Waals surface area contributed by atoms with Crippen molar-refractivity contribution in [2.24, 2.45) is 0 Å². The summed E-state index contributed by atoms with van der Waals surface area (Å²) in [6.07, 6.45) is 6.23. The molecule has 1 atom stereocenters. The molecule has 0 aromatic heterocycles. The van der Waals surface area contributed by atoms with Crippen molar-refractivity contribution in [2.75, 3.05) is 13.7 Å². The van der Waals surface area contributed by atoms with E-state index in [-0.39, 0.29) is 0 Å². The molecule has 0 aliphatic heterocycles. The number of nitrogens with one attached hydrogen (secondary N) is 1. The highest BCUT2D eigenvalue weighted by Crippen LogP contribution is 2.29. The average Bonchev–Trinajstić information content (AvgIpc) is 2.42. The summed E-state index contributed by atoms with van der Waals surface area (Å²) in [5.41, 5.74) is 1.34. The third-order valence-electron chi connectivity index (χ3n) is 3.32. The fraction of sp³-hybridized carbons (Fsp3) is 0.625. The quantitative estimate of drug-likeness (QED) is 0.638. The predicted octanol–water partition coefficient (Wildman–Crippen LogP) is 5.08. The second-order valence-corrected chi connectivity index (χ2v) is 5.75. The maximum absolute atomic E-state index is 5.29. The molecule has 1 aromatic carbocycles. The molecule has 2 nitrogen and oxygen atoms in total. The Kier molecular flexibility index (Phi) is 8.15. The van der Waals surface area contributed by atoms with Gasteiger partial charge in [-0.25, -0.2) is 0 Å². The first-order valence-corrected chi connectivity index (χ1v) is 8.09. The first kappa shape index (κ1) is 16.5. The molecule has 0 aliphatic rings. The summed E-state index contributed by atoms with van der Waals surface area (Å²) in [5.74, 6) is 0.895. The van der Waals surface area contributed by atoms with Gasteiger partial charge >= 0.3 is 0 Å². The van der Waals surface area contributed by atoms with E-state index in [9.17, 15) is 0 Å². The van der Waals surface area contributed by atoms with E-state index in [1.807, 2.05) is 6.07 Å². The zero-order valence-corrected chi connectivity index (χ0v) is 13.9. The maximum Gasteiger partial charge on any atom is 0.133 e. The van der Waals surface area contributed by atoms with E-state index < -0.39 is 0 Å². The van der Waals surface area contributed by atoms with Crippen molar-refractivity contribution < 1.29 is 4.74 Å². The number of methoxy groups -OCH3 is 1. The lowest BCUT2D eigenvalue weighted by Gasteiger charge is -2.20. The molecule has 0 radical (unpaired) electrons. The lowest BCUT2D eigenvalue weighted by atomic mass is 10.00. The monoisotopic (exact) mass is 327 g/mol. The van der Waals surface area contributed by atoms with Gasteiger partial charge in [-0.3, -0.25) is 0 Å². The molecule has 0 saturated carbocycles. The minimum Gasteiger partial charge on any atom is -0.496 e. The van der Waals surface area contributed by atoms with Crippen molar-refractivity contribution in [1.29, 1.82) is 0 Å². The minimum absolute atomic E-state index is 0.453. The number of unbranched alkanes of at least 4 members (excludes halogenated alkanes) is 2. The highest BCUT2D eigenvalue weighted by Gasteiger charge is 2.12. The van der Waals surface area contributed by atoms with Crippen LogP contribution in [-0.2, 0) is 0 Å². The SMILES string of the molecule is CCCCCC(NCCC)c1ccc(OC)c(Br)c1. The standard InChI is InChI=1S/C16H26BrNO/c1-4-6-7-8-15(18-11-5-2)13-9-10-16(19-3)14(17)12-13/h9-10,12,15,18H,4-8,11H2,1-3H3. The third-order valence-corrected chi connectivity index (χ3v) is 3.94. The van der Waals surface area contributed by atoms with E-state index in [4.69, 9.17) is 4.74 Å². The number of halogens is 1. The Labute approximate surface area is 126 Å². The van der Waals surface area contributed by atoms with Crippen LogP contribution in [0.25, 0.3) is 0 Å². The molecule has 0 bridgehead atoms. The van der Waals surface area contributed by atoms with Gasteiger partial charge in [0.2, 0.25) is 0 Å². The van der Waals surface area contributed by atoms with Gasteiger partial charge in [-0.1, -0.05) is 39.2 Å². The van der Waals surface area contributed by atoms with Crippen LogP contribution in [0.15, 0.2) is 22.7 Å². The summed E-state index contributed by atoms with van der Waals surface area (Å²) in [6, 6.07) is 6.84. The van der Waals surface area contributed by atoms with E-state index in [1.54, 1.807) is 7.11 Å². The van der Waals surface area contributed by atoms with Gasteiger partial charge in [0.05, 0.1) is 11.6 Å². The fourth-order valence-corrected chi connectivity index (χ4v) is 2.76. The molecule has 19 heavy (non-hydrogen) atoms. The maximum atomic E-state index is 5.29. The fourth-order valence-electron chi connectivity index (χ4n) is 2.20. The summed E-state index contributed by atoms with van der Waals surface area (Å²) in [6.45, 7) is 5.53. The highest BCUT2D eigenvalue weighted by molar-refractivity contribution is 9.10. The summed E-state index contributed by atoms with van der Waals surface area (Å²) in [5, 5.41) is 3.65. The molecule has 0 spiro atoms. The van der Waals surface area contributed by atoms with E-state index in [0.29, 0.717) is 6.04 Å². The van der Waals surface area contributed by atoms with E-state index in [0.717, 1.165) is 16.8 Å². The van der Waals surface area contributed by atoms with Gasteiger partial charge in [0.1, 0.15) is 5.75 Å². The van der Waals surface area contributed by atoms with Crippen LogP contribution in [0.3, 0.4) is 0 Å². The average molecular weight is 328 g/mol. The predicted molar refractivity (Wildman–Crippen MR) is 85.9 cm³/mol. The second kappa shape index (κ2) is 9.38. The van der Waals surface area contributed by atoms with Crippen LogP contribution in [0, 0.1) is 0 Å². The molecule has 108 valence electrons. The summed E-state index contributed by atoms with van der Waals surface area (Å²) >= 11 is 3.57. The molecule has 0 aliphatic carbocycles. The molecule has 0 heterocycles. The Balaban J connectivity index is 2.74. The number of rotatable bonds is 9. The van der Waals surface area contributed by atoms with E-state index in [1.165, 1.54) is 37.7 Å². The third kappa shape index (κ3) is 5.53. The second-order valence-electron chi connectivity index (χ2n) is 4.90. The Bertz CT molecular complexity index is 368. The zero-order chi connectivity index (χ0) is 14.1. The van der Waals surface area contributed by atoms with Gasteiger partial charge in [0.15, 0.2) is 0 Å². The van der Waals surface area contributed by atoms with Crippen LogP contribution >= 0.6 is 15.9 Å². The van der Waals surface area contributed by atoms with Crippen LogP contribution in [0.1, 0.15) is 57.6 Å². The van der Waals surface area contributed by atoms with Gasteiger partial charge < -0.3 is 10.1 Å². The molecule has 0 fully saturated rings.